The lowest BCUT2D eigenvalue weighted by Crippen LogP contribution is -2.27. The second-order valence-corrected chi connectivity index (χ2v) is 7.96. The minimum Gasteiger partial charge on any atom is -0.435 e. The number of nitrogens with zero attached hydrogens (tertiary/aromatic N) is 6. The van der Waals surface area contributed by atoms with E-state index in [-0.39, 0.29) is 16.9 Å². The van der Waals surface area contributed by atoms with Gasteiger partial charge in [-0.25, -0.2) is 4.98 Å². The highest BCUT2D eigenvalue weighted by atomic mass is 32.1. The van der Waals surface area contributed by atoms with Crippen molar-refractivity contribution in [1.29, 1.82) is 0 Å². The topological polar surface area (TPSA) is 127 Å². The molecule has 33 heavy (non-hydrogen) atoms. The average Bonchev–Trinajstić information content (AvgIpc) is 3.44. The van der Waals surface area contributed by atoms with Gasteiger partial charge in [0.1, 0.15) is 5.75 Å². The Morgan fingerprint density at radius 3 is 2.85 bits per heavy atom. The Kier molecular flexibility index (Phi) is 7.14. The Bertz CT molecular complexity index is 1070. The summed E-state index contributed by atoms with van der Waals surface area (Å²) in [4.78, 5) is 18.9. The lowest BCUT2D eigenvalue weighted by atomic mass is 10.1. The van der Waals surface area contributed by atoms with Crippen LogP contribution in [0.1, 0.15) is 18.1 Å². The Labute approximate surface area is 191 Å². The molecule has 0 bridgehead atoms. The third-order valence-electron chi connectivity index (χ3n) is 4.78. The van der Waals surface area contributed by atoms with Crippen LogP contribution in [0.2, 0.25) is 0 Å². The summed E-state index contributed by atoms with van der Waals surface area (Å²) in [6, 6.07) is 5.88. The second-order valence-electron chi connectivity index (χ2n) is 6.99. The van der Waals surface area contributed by atoms with Gasteiger partial charge in [0.2, 0.25) is 16.2 Å². The van der Waals surface area contributed by atoms with E-state index in [4.69, 9.17) is 4.74 Å². The molecule has 2 atom stereocenters. The van der Waals surface area contributed by atoms with Crippen LogP contribution in [0.25, 0.3) is 0 Å². The first-order valence-electron chi connectivity index (χ1n) is 9.89. The number of methoxy groups -OCH3 is 1. The molecule has 174 valence electrons. The molecule has 0 saturated carbocycles. The maximum absolute atomic E-state index is 12.7. The van der Waals surface area contributed by atoms with E-state index in [0.717, 1.165) is 13.0 Å². The summed E-state index contributed by atoms with van der Waals surface area (Å²) in [7, 11) is 1.34. The van der Waals surface area contributed by atoms with Gasteiger partial charge in [-0.3, -0.25) is 10.1 Å². The number of aromatic nitrogens is 5. The molecule has 1 aromatic carbocycles. The van der Waals surface area contributed by atoms with E-state index in [1.54, 1.807) is 12.3 Å². The molecule has 1 unspecified atom stereocenters. The highest BCUT2D eigenvalue weighted by Gasteiger charge is 2.26. The standard InChI is InChI=1S/C19H20F2N8O3S/c1-31-14(11-3-2-4-13(9-11)32-16(20)21)15(30)25-19-28-27-18(33-19)24-12-5-8-29(10-12)17-22-6-7-23-26-17/h2-4,6-7,9,12,14,16H,5,8,10H2,1H3,(H,24,27)(H,25,28,30)/t12-,14?/m1/s1. The van der Waals surface area contributed by atoms with Gasteiger partial charge < -0.3 is 19.7 Å². The molecule has 0 aliphatic carbocycles. The summed E-state index contributed by atoms with van der Waals surface area (Å²) < 4.78 is 34.6. The third-order valence-corrected chi connectivity index (χ3v) is 5.55. The van der Waals surface area contributed by atoms with E-state index < -0.39 is 18.6 Å². The Morgan fingerprint density at radius 2 is 2.09 bits per heavy atom. The van der Waals surface area contributed by atoms with Gasteiger partial charge in [0.05, 0.1) is 12.4 Å². The number of ether oxygens (including phenoxy) is 2. The molecular weight excluding hydrogens is 458 g/mol. The first-order valence-corrected chi connectivity index (χ1v) is 10.7. The fourth-order valence-electron chi connectivity index (χ4n) is 3.37. The van der Waals surface area contributed by atoms with Gasteiger partial charge in [0.25, 0.3) is 5.91 Å². The molecule has 1 aliphatic heterocycles. The number of hydrogen-bond acceptors (Lipinski definition) is 11. The number of nitrogens with one attached hydrogen (secondary N) is 2. The minimum absolute atomic E-state index is 0.0676. The number of carbonyl (C=O) groups excluding carboxylic acids is 1. The molecule has 0 radical (unpaired) electrons. The van der Waals surface area contributed by atoms with Gasteiger partial charge in [0.15, 0.2) is 6.10 Å². The van der Waals surface area contributed by atoms with Crippen LogP contribution in [0.3, 0.4) is 0 Å². The van der Waals surface area contributed by atoms with Crippen molar-refractivity contribution in [3.05, 3.63) is 42.2 Å². The van der Waals surface area contributed by atoms with Crippen molar-refractivity contribution in [3.63, 3.8) is 0 Å². The average molecular weight is 478 g/mol. The van der Waals surface area contributed by atoms with Crippen molar-refractivity contribution in [3.8, 4) is 5.75 Å². The number of carbonyl (C=O) groups is 1. The fourth-order valence-corrected chi connectivity index (χ4v) is 4.09. The van der Waals surface area contributed by atoms with E-state index >= 15 is 0 Å². The van der Waals surface area contributed by atoms with Gasteiger partial charge in [0, 0.05) is 26.2 Å². The zero-order valence-electron chi connectivity index (χ0n) is 17.4. The molecule has 1 amide bonds. The van der Waals surface area contributed by atoms with Gasteiger partial charge in [-0.15, -0.1) is 15.3 Å². The van der Waals surface area contributed by atoms with Gasteiger partial charge in [-0.1, -0.05) is 23.5 Å². The number of benzene rings is 1. The minimum atomic E-state index is -2.97. The van der Waals surface area contributed by atoms with E-state index in [1.807, 2.05) is 4.90 Å². The molecule has 1 aliphatic rings. The molecule has 0 spiro atoms. The van der Waals surface area contributed by atoms with Crippen LogP contribution in [-0.4, -0.2) is 64.1 Å². The van der Waals surface area contributed by atoms with E-state index in [1.165, 1.54) is 42.8 Å². The van der Waals surface area contributed by atoms with Crippen LogP contribution in [0, 0.1) is 0 Å². The van der Waals surface area contributed by atoms with Gasteiger partial charge >= 0.3 is 6.61 Å². The summed E-state index contributed by atoms with van der Waals surface area (Å²) in [5, 5.41) is 22.7. The molecule has 3 heterocycles. The lowest BCUT2D eigenvalue weighted by molar-refractivity contribution is -0.126. The van der Waals surface area contributed by atoms with Gasteiger partial charge in [-0.05, 0) is 24.1 Å². The summed E-state index contributed by atoms with van der Waals surface area (Å²) in [6.45, 7) is -1.52. The van der Waals surface area contributed by atoms with Crippen molar-refractivity contribution < 1.29 is 23.0 Å². The van der Waals surface area contributed by atoms with Crippen LogP contribution in [-0.2, 0) is 9.53 Å². The first kappa shape index (κ1) is 22.7. The molecular formula is C19H20F2N8O3S. The number of halogens is 2. The van der Waals surface area contributed by atoms with Crippen molar-refractivity contribution in [1.82, 2.24) is 25.4 Å². The second kappa shape index (κ2) is 10.4. The maximum Gasteiger partial charge on any atom is 0.387 e. The number of amides is 1. The van der Waals surface area contributed by atoms with Crippen molar-refractivity contribution in [2.45, 2.75) is 25.2 Å². The van der Waals surface area contributed by atoms with Crippen LogP contribution in [0.5, 0.6) is 5.75 Å². The predicted octanol–water partition coefficient (Wildman–Crippen LogP) is 2.34. The van der Waals surface area contributed by atoms with Crippen molar-refractivity contribution >= 4 is 33.5 Å². The Balaban J connectivity index is 1.34. The summed E-state index contributed by atoms with van der Waals surface area (Å²) >= 11 is 1.17. The number of alkyl halides is 2. The Hall–Kier alpha value is -3.52. The highest BCUT2D eigenvalue weighted by Crippen LogP contribution is 2.27. The number of rotatable bonds is 9. The van der Waals surface area contributed by atoms with Crippen LogP contribution in [0.15, 0.2) is 36.7 Å². The molecule has 2 N–H and O–H groups in total. The Morgan fingerprint density at radius 1 is 1.24 bits per heavy atom. The summed E-state index contributed by atoms with van der Waals surface area (Å²) in [6.07, 6.45) is 2.92. The molecule has 1 fully saturated rings. The molecule has 1 saturated heterocycles. The monoisotopic (exact) mass is 478 g/mol. The molecule has 11 nitrogen and oxygen atoms in total. The number of hydrogen-bond donors (Lipinski definition) is 2. The zero-order chi connectivity index (χ0) is 23.2. The normalized spacial score (nSPS) is 16.6. The third kappa shape index (κ3) is 5.84. The molecule has 3 aromatic rings. The smallest absolute Gasteiger partial charge is 0.387 e. The largest absolute Gasteiger partial charge is 0.435 e. The van der Waals surface area contributed by atoms with Crippen molar-refractivity contribution in [2.24, 2.45) is 0 Å². The summed E-state index contributed by atoms with van der Waals surface area (Å²) in [5.41, 5.74) is 0.361. The summed E-state index contributed by atoms with van der Waals surface area (Å²) in [5.74, 6) is -0.0159. The first-order chi connectivity index (χ1) is 16.0. The molecule has 14 heteroatoms. The molecule has 2 aromatic heterocycles. The fraction of sp³-hybridized carbons (Fsp3) is 0.368. The van der Waals surface area contributed by atoms with Crippen LogP contribution >= 0.6 is 11.3 Å². The van der Waals surface area contributed by atoms with E-state index in [0.29, 0.717) is 23.2 Å². The zero-order valence-corrected chi connectivity index (χ0v) is 18.2. The lowest BCUT2D eigenvalue weighted by Gasteiger charge is -2.15. The molecule has 4 rings (SSSR count). The SMILES string of the molecule is COC(C(=O)Nc1nnc(N[C@@H]2CCN(c3nccnn3)C2)s1)c1cccc(OC(F)F)c1. The van der Waals surface area contributed by atoms with Crippen LogP contribution in [0.4, 0.5) is 25.0 Å². The highest BCUT2D eigenvalue weighted by molar-refractivity contribution is 7.19. The van der Waals surface area contributed by atoms with Crippen LogP contribution < -0.4 is 20.3 Å². The van der Waals surface area contributed by atoms with Gasteiger partial charge in [-0.2, -0.15) is 13.9 Å². The van der Waals surface area contributed by atoms with E-state index in [9.17, 15) is 13.6 Å². The van der Waals surface area contributed by atoms with Crippen molar-refractivity contribution in [2.75, 3.05) is 35.7 Å². The maximum atomic E-state index is 12.7. The van der Waals surface area contributed by atoms with E-state index in [2.05, 4.69) is 40.7 Å². The predicted molar refractivity (Wildman–Crippen MR) is 115 cm³/mol. The quantitative estimate of drug-likeness (QED) is 0.473. The number of anilines is 3.